The number of rotatable bonds is 5. The molecule has 100 valence electrons. The van der Waals surface area contributed by atoms with Gasteiger partial charge in [0.15, 0.2) is 0 Å². The third-order valence-corrected chi connectivity index (χ3v) is 4.76. The van der Waals surface area contributed by atoms with Crippen molar-refractivity contribution in [3.05, 3.63) is 29.6 Å². The van der Waals surface area contributed by atoms with E-state index in [1.807, 2.05) is 6.07 Å². The van der Waals surface area contributed by atoms with Crippen LogP contribution in [0.1, 0.15) is 32.3 Å². The van der Waals surface area contributed by atoms with E-state index >= 15 is 0 Å². The van der Waals surface area contributed by atoms with Crippen LogP contribution >= 0.6 is 11.8 Å². The summed E-state index contributed by atoms with van der Waals surface area (Å²) in [4.78, 5) is 3.45. The molecule has 1 unspecified atom stereocenters. The lowest BCUT2D eigenvalue weighted by molar-refractivity contribution is 0.209. The molecule has 0 saturated carbocycles. The lowest BCUT2D eigenvalue weighted by atomic mass is 10.0. The normalized spacial score (nSPS) is 19.0. The Labute approximate surface area is 114 Å². The van der Waals surface area contributed by atoms with E-state index in [4.69, 9.17) is 0 Å². The van der Waals surface area contributed by atoms with Gasteiger partial charge in [-0.25, -0.2) is 4.39 Å². The number of hydrogen-bond acceptors (Lipinski definition) is 2. The zero-order chi connectivity index (χ0) is 13.0. The summed E-state index contributed by atoms with van der Waals surface area (Å²) in [5.74, 6) is 0.974. The van der Waals surface area contributed by atoms with Crippen molar-refractivity contribution < 1.29 is 4.39 Å². The summed E-state index contributed by atoms with van der Waals surface area (Å²) < 4.78 is 13.7. The summed E-state index contributed by atoms with van der Waals surface area (Å²) in [5, 5.41) is 0. The van der Waals surface area contributed by atoms with Gasteiger partial charge in [0.25, 0.3) is 0 Å². The molecular weight excluding hydrogens is 245 g/mol. The van der Waals surface area contributed by atoms with Gasteiger partial charge in [0.1, 0.15) is 5.82 Å². The second kappa shape index (κ2) is 6.58. The van der Waals surface area contributed by atoms with Gasteiger partial charge in [0.05, 0.1) is 0 Å². The molecule has 1 aliphatic rings. The lowest BCUT2D eigenvalue weighted by Crippen LogP contribution is -2.41. The Hall–Kier alpha value is -0.540. The van der Waals surface area contributed by atoms with E-state index in [2.05, 4.69) is 24.8 Å². The summed E-state index contributed by atoms with van der Waals surface area (Å²) in [6, 6.07) is 6.06. The molecular formula is C15H22FNS. The molecule has 0 radical (unpaired) electrons. The Balaban J connectivity index is 2.10. The van der Waals surface area contributed by atoms with Crippen molar-refractivity contribution in [3.63, 3.8) is 0 Å². The number of nitrogens with zero attached hydrogens (tertiary/aromatic N) is 1. The molecule has 0 spiro atoms. The highest BCUT2D eigenvalue weighted by atomic mass is 32.2. The molecule has 3 heteroatoms. The summed E-state index contributed by atoms with van der Waals surface area (Å²) in [6.07, 6.45) is 3.38. The highest BCUT2D eigenvalue weighted by molar-refractivity contribution is 7.99. The molecule has 0 bridgehead atoms. The minimum atomic E-state index is -0.0477. The first-order valence-electron chi connectivity index (χ1n) is 6.90. The Morgan fingerprint density at radius 1 is 1.28 bits per heavy atom. The summed E-state index contributed by atoms with van der Waals surface area (Å²) in [6.45, 7) is 6.77. The van der Waals surface area contributed by atoms with Gasteiger partial charge in [0, 0.05) is 16.7 Å². The Bertz CT molecular complexity index is 388. The maximum absolute atomic E-state index is 13.7. The molecule has 0 fully saturated rings. The fraction of sp³-hybridized carbons (Fsp3) is 0.600. The molecule has 2 rings (SSSR count). The molecule has 1 heterocycles. The molecule has 1 aliphatic heterocycles. The smallest absolute Gasteiger partial charge is 0.137 e. The molecule has 0 N–H and O–H groups in total. The Morgan fingerprint density at radius 2 is 2.00 bits per heavy atom. The quantitative estimate of drug-likeness (QED) is 0.794. The van der Waals surface area contributed by atoms with Crippen molar-refractivity contribution in [1.82, 2.24) is 4.90 Å². The Morgan fingerprint density at radius 3 is 2.67 bits per heavy atom. The van der Waals surface area contributed by atoms with Crippen LogP contribution in [0.5, 0.6) is 0 Å². The number of fused-ring (bicyclic) bond motifs is 1. The van der Waals surface area contributed by atoms with Crippen molar-refractivity contribution in [2.75, 3.05) is 18.8 Å². The van der Waals surface area contributed by atoms with Crippen molar-refractivity contribution in [2.45, 2.75) is 44.0 Å². The van der Waals surface area contributed by atoms with Crippen molar-refractivity contribution in [2.24, 2.45) is 0 Å². The second-order valence-electron chi connectivity index (χ2n) is 4.93. The van der Waals surface area contributed by atoms with Gasteiger partial charge in [-0.2, -0.15) is 0 Å². The van der Waals surface area contributed by atoms with Gasteiger partial charge in [-0.05, 0) is 44.0 Å². The monoisotopic (exact) mass is 267 g/mol. The highest BCUT2D eigenvalue weighted by Gasteiger charge is 2.25. The summed E-state index contributed by atoms with van der Waals surface area (Å²) >= 11 is 1.69. The molecule has 1 aromatic rings. The third-order valence-electron chi connectivity index (χ3n) is 3.46. The molecule has 0 saturated heterocycles. The van der Waals surface area contributed by atoms with Crippen LogP contribution in [-0.4, -0.2) is 29.8 Å². The van der Waals surface area contributed by atoms with Gasteiger partial charge in [-0.1, -0.05) is 26.0 Å². The molecule has 0 aliphatic carbocycles. The summed E-state index contributed by atoms with van der Waals surface area (Å²) in [5.41, 5.74) is 1.19. The fourth-order valence-corrected chi connectivity index (χ4v) is 3.88. The molecule has 1 aromatic carbocycles. The molecule has 0 aromatic heterocycles. The van der Waals surface area contributed by atoms with Crippen molar-refractivity contribution in [1.29, 1.82) is 0 Å². The standard InChI is InChI=1S/C15H22FNS/c1-3-8-17(9-4-2)13-10-12-6-5-7-14(16)15(12)18-11-13/h5-7,13H,3-4,8-11H2,1-2H3. The van der Waals surface area contributed by atoms with Gasteiger partial charge in [-0.3, -0.25) is 4.90 Å². The van der Waals surface area contributed by atoms with Gasteiger partial charge in [-0.15, -0.1) is 11.8 Å². The number of hydrogen-bond donors (Lipinski definition) is 0. The van der Waals surface area contributed by atoms with Crippen LogP contribution < -0.4 is 0 Å². The van der Waals surface area contributed by atoms with Crippen LogP contribution in [0.15, 0.2) is 23.1 Å². The molecule has 0 amide bonds. The predicted molar refractivity (Wildman–Crippen MR) is 76.8 cm³/mol. The van der Waals surface area contributed by atoms with E-state index < -0.39 is 0 Å². The van der Waals surface area contributed by atoms with Gasteiger partial charge in [0.2, 0.25) is 0 Å². The summed E-state index contributed by atoms with van der Waals surface area (Å²) in [7, 11) is 0. The van der Waals surface area contributed by atoms with Crippen molar-refractivity contribution in [3.8, 4) is 0 Å². The lowest BCUT2D eigenvalue weighted by Gasteiger charge is -2.34. The Kier molecular flexibility index (Phi) is 5.07. The van der Waals surface area contributed by atoms with Crippen LogP contribution in [0.25, 0.3) is 0 Å². The topological polar surface area (TPSA) is 3.24 Å². The highest BCUT2D eigenvalue weighted by Crippen LogP contribution is 2.34. The van der Waals surface area contributed by atoms with Crippen LogP contribution in [0.3, 0.4) is 0 Å². The predicted octanol–water partition coefficient (Wildman–Crippen LogP) is 3.96. The van der Waals surface area contributed by atoms with E-state index in [0.29, 0.717) is 6.04 Å². The average molecular weight is 267 g/mol. The third kappa shape index (κ3) is 3.07. The maximum atomic E-state index is 13.7. The fourth-order valence-electron chi connectivity index (χ4n) is 2.65. The second-order valence-corrected chi connectivity index (χ2v) is 5.96. The first-order valence-corrected chi connectivity index (χ1v) is 7.89. The number of halogens is 1. The maximum Gasteiger partial charge on any atom is 0.137 e. The largest absolute Gasteiger partial charge is 0.299 e. The van der Waals surface area contributed by atoms with Crippen LogP contribution in [0.4, 0.5) is 4.39 Å². The van der Waals surface area contributed by atoms with E-state index in [-0.39, 0.29) is 5.82 Å². The van der Waals surface area contributed by atoms with E-state index in [1.54, 1.807) is 17.8 Å². The SMILES string of the molecule is CCCN(CCC)C1CSc2c(F)cccc2C1. The average Bonchev–Trinajstić information content (AvgIpc) is 2.38. The van der Waals surface area contributed by atoms with Gasteiger partial charge < -0.3 is 0 Å². The van der Waals surface area contributed by atoms with E-state index in [0.717, 1.165) is 30.2 Å². The first-order chi connectivity index (χ1) is 8.76. The van der Waals surface area contributed by atoms with Crippen LogP contribution in [0.2, 0.25) is 0 Å². The molecule has 1 nitrogen and oxygen atoms in total. The van der Waals surface area contributed by atoms with E-state index in [9.17, 15) is 4.39 Å². The number of benzene rings is 1. The van der Waals surface area contributed by atoms with Crippen LogP contribution in [0, 0.1) is 5.82 Å². The minimum absolute atomic E-state index is 0.0477. The van der Waals surface area contributed by atoms with Crippen molar-refractivity contribution >= 4 is 11.8 Å². The van der Waals surface area contributed by atoms with E-state index in [1.165, 1.54) is 18.4 Å². The minimum Gasteiger partial charge on any atom is -0.299 e. The molecule has 18 heavy (non-hydrogen) atoms. The number of thioether (sulfide) groups is 1. The van der Waals surface area contributed by atoms with Crippen LogP contribution in [-0.2, 0) is 6.42 Å². The molecule has 1 atom stereocenters. The van der Waals surface area contributed by atoms with Gasteiger partial charge >= 0.3 is 0 Å². The zero-order valence-corrected chi connectivity index (χ0v) is 12.1. The first kappa shape index (κ1) is 13.9. The zero-order valence-electron chi connectivity index (χ0n) is 11.3.